The monoisotopic (exact) mass is 400 g/mol. The van der Waals surface area contributed by atoms with Crippen molar-refractivity contribution in [3.8, 4) is 12.5 Å². The van der Waals surface area contributed by atoms with E-state index in [4.69, 9.17) is 10.8 Å². The Labute approximate surface area is 175 Å². The highest BCUT2D eigenvalue weighted by molar-refractivity contribution is 5.86. The van der Waals surface area contributed by atoms with Gasteiger partial charge in [0.25, 0.3) is 0 Å². The van der Waals surface area contributed by atoms with Crippen LogP contribution >= 0.6 is 0 Å². The maximum absolute atomic E-state index is 12.0. The molecule has 1 aliphatic rings. The third-order valence-corrected chi connectivity index (χ3v) is 5.34. The van der Waals surface area contributed by atoms with E-state index in [1.807, 2.05) is 36.4 Å². The third kappa shape index (κ3) is 4.72. The Morgan fingerprint density at radius 2 is 1.90 bits per heavy atom. The van der Waals surface area contributed by atoms with Crippen molar-refractivity contribution in [1.29, 1.82) is 0 Å². The minimum atomic E-state index is -0.219. The molecule has 0 saturated heterocycles. The Morgan fingerprint density at radius 1 is 1.10 bits per heavy atom. The number of hydrogen-bond donors (Lipinski definition) is 2. The highest BCUT2D eigenvalue weighted by Crippen LogP contribution is 2.30. The summed E-state index contributed by atoms with van der Waals surface area (Å²) in [5.74, 6) is 1.00. The van der Waals surface area contributed by atoms with Crippen molar-refractivity contribution >= 4 is 22.8 Å². The summed E-state index contributed by atoms with van der Waals surface area (Å²) in [5.41, 5.74) is 3.88. The van der Waals surface area contributed by atoms with Gasteiger partial charge < -0.3 is 9.73 Å². The number of terminal acetylenes is 1. The van der Waals surface area contributed by atoms with Crippen LogP contribution in [0.1, 0.15) is 35.3 Å². The largest absolute Gasteiger partial charge is 0.460 e. The van der Waals surface area contributed by atoms with Crippen molar-refractivity contribution in [2.24, 2.45) is 5.92 Å². The maximum Gasteiger partial charge on any atom is 0.235 e. The summed E-state index contributed by atoms with van der Waals surface area (Å²) in [6.07, 6.45) is 8.68. The lowest BCUT2D eigenvalue weighted by Crippen LogP contribution is -2.27. The molecule has 0 atom stereocenters. The molecule has 4 rings (SSSR count). The molecule has 1 fully saturated rings. The minimum absolute atomic E-state index is 0.138. The smallest absolute Gasteiger partial charge is 0.235 e. The van der Waals surface area contributed by atoms with Gasteiger partial charge in [-0.05, 0) is 42.5 Å². The standard InChI is InChI=1S/C25H24N2O3/c1-2-26-24(28)16-18-8-11-22-21(14-18)20(12-13-27-25(29)19-9-10-19)23(30-22)15-17-6-4-3-5-7-17/h1,3-8,11,14,19H,9-10,12-13,15-16H2,(H,26,28)(H,27,29). The molecule has 1 heterocycles. The Morgan fingerprint density at radius 3 is 2.63 bits per heavy atom. The van der Waals surface area contributed by atoms with Crippen LogP contribution in [0.25, 0.3) is 11.0 Å². The van der Waals surface area contributed by atoms with Gasteiger partial charge in [-0.15, -0.1) is 0 Å². The normalized spacial score (nSPS) is 13.0. The molecule has 0 radical (unpaired) electrons. The Hall–Kier alpha value is -3.52. The fourth-order valence-electron chi connectivity index (χ4n) is 3.67. The van der Waals surface area contributed by atoms with Crippen LogP contribution < -0.4 is 10.6 Å². The lowest BCUT2D eigenvalue weighted by Gasteiger charge is -2.06. The molecule has 30 heavy (non-hydrogen) atoms. The average molecular weight is 400 g/mol. The fourth-order valence-corrected chi connectivity index (χ4v) is 3.67. The van der Waals surface area contributed by atoms with Crippen LogP contribution in [-0.4, -0.2) is 18.4 Å². The topological polar surface area (TPSA) is 71.3 Å². The molecule has 0 aliphatic heterocycles. The van der Waals surface area contributed by atoms with Gasteiger partial charge in [-0.1, -0.05) is 42.8 Å². The molecular formula is C25H24N2O3. The number of fused-ring (bicyclic) bond motifs is 1. The zero-order valence-corrected chi connectivity index (χ0v) is 16.7. The molecule has 3 aromatic rings. The molecule has 5 nitrogen and oxygen atoms in total. The molecule has 152 valence electrons. The van der Waals surface area contributed by atoms with Crippen molar-refractivity contribution in [1.82, 2.24) is 10.6 Å². The van der Waals surface area contributed by atoms with E-state index in [0.717, 1.165) is 46.3 Å². The molecule has 0 bridgehead atoms. The van der Waals surface area contributed by atoms with E-state index < -0.39 is 0 Å². The van der Waals surface area contributed by atoms with E-state index in [9.17, 15) is 9.59 Å². The van der Waals surface area contributed by atoms with Crippen molar-refractivity contribution in [3.05, 3.63) is 71.0 Å². The molecule has 5 heteroatoms. The molecule has 0 unspecified atom stereocenters. The van der Waals surface area contributed by atoms with E-state index in [2.05, 4.69) is 28.8 Å². The van der Waals surface area contributed by atoms with Crippen LogP contribution in [0, 0.1) is 18.4 Å². The number of furan rings is 1. The predicted octanol–water partition coefficient (Wildman–Crippen LogP) is 3.34. The summed E-state index contributed by atoms with van der Waals surface area (Å²) in [4.78, 5) is 23.9. The Bertz CT molecular complexity index is 1100. The predicted molar refractivity (Wildman–Crippen MR) is 116 cm³/mol. The van der Waals surface area contributed by atoms with Crippen LogP contribution in [0.15, 0.2) is 52.9 Å². The zero-order chi connectivity index (χ0) is 20.9. The number of carbonyl (C=O) groups excluding carboxylic acids is 2. The van der Waals surface area contributed by atoms with Crippen LogP contribution in [0.4, 0.5) is 0 Å². The lowest BCUT2D eigenvalue weighted by atomic mass is 10.0. The molecule has 1 aliphatic carbocycles. The zero-order valence-electron chi connectivity index (χ0n) is 16.7. The number of rotatable bonds is 8. The summed E-state index contributed by atoms with van der Waals surface area (Å²) in [6.45, 7) is 0.563. The van der Waals surface area contributed by atoms with Gasteiger partial charge in [-0.2, -0.15) is 0 Å². The summed E-state index contributed by atoms with van der Waals surface area (Å²) in [7, 11) is 0. The second-order valence-corrected chi connectivity index (χ2v) is 7.68. The van der Waals surface area contributed by atoms with Crippen LogP contribution in [-0.2, 0) is 28.9 Å². The molecule has 1 aromatic heterocycles. The van der Waals surface area contributed by atoms with E-state index >= 15 is 0 Å². The SMILES string of the molecule is C#CNC(=O)Cc1ccc2oc(Cc3ccccc3)c(CCNC(=O)C3CC3)c2c1. The molecular weight excluding hydrogens is 376 g/mol. The lowest BCUT2D eigenvalue weighted by molar-refractivity contribution is -0.122. The summed E-state index contributed by atoms with van der Waals surface area (Å²) >= 11 is 0. The summed E-state index contributed by atoms with van der Waals surface area (Å²) in [5, 5.41) is 6.39. The molecule has 2 N–H and O–H groups in total. The van der Waals surface area contributed by atoms with Gasteiger partial charge in [0.1, 0.15) is 11.3 Å². The van der Waals surface area contributed by atoms with Crippen LogP contribution in [0.2, 0.25) is 0 Å². The van der Waals surface area contributed by atoms with Gasteiger partial charge in [-0.25, -0.2) is 0 Å². The van der Waals surface area contributed by atoms with E-state index in [0.29, 0.717) is 19.4 Å². The molecule has 2 aromatic carbocycles. The van der Waals surface area contributed by atoms with Gasteiger partial charge in [0.15, 0.2) is 0 Å². The quantitative estimate of drug-likeness (QED) is 0.450. The van der Waals surface area contributed by atoms with Gasteiger partial charge in [-0.3, -0.25) is 14.9 Å². The third-order valence-electron chi connectivity index (χ3n) is 5.34. The summed E-state index contributed by atoms with van der Waals surface area (Å²) < 4.78 is 6.18. The molecule has 0 spiro atoms. The number of hydrogen-bond acceptors (Lipinski definition) is 3. The van der Waals surface area contributed by atoms with Crippen molar-refractivity contribution < 1.29 is 14.0 Å². The Balaban J connectivity index is 1.61. The van der Waals surface area contributed by atoms with E-state index in [-0.39, 0.29) is 24.2 Å². The van der Waals surface area contributed by atoms with Gasteiger partial charge >= 0.3 is 0 Å². The van der Waals surface area contributed by atoms with Crippen molar-refractivity contribution in [2.75, 3.05) is 6.54 Å². The molecule has 2 amide bonds. The van der Waals surface area contributed by atoms with Gasteiger partial charge in [0.2, 0.25) is 11.8 Å². The number of carbonyl (C=O) groups is 2. The van der Waals surface area contributed by atoms with Crippen molar-refractivity contribution in [2.45, 2.75) is 32.1 Å². The minimum Gasteiger partial charge on any atom is -0.460 e. The first kappa shape index (κ1) is 19.8. The second-order valence-electron chi connectivity index (χ2n) is 7.68. The maximum atomic E-state index is 12.0. The number of amides is 2. The van der Waals surface area contributed by atoms with E-state index in [1.165, 1.54) is 0 Å². The van der Waals surface area contributed by atoms with Crippen LogP contribution in [0.3, 0.4) is 0 Å². The van der Waals surface area contributed by atoms with Crippen LogP contribution in [0.5, 0.6) is 0 Å². The highest BCUT2D eigenvalue weighted by atomic mass is 16.3. The first-order valence-corrected chi connectivity index (χ1v) is 10.2. The Kier molecular flexibility index (Phi) is 5.85. The first-order valence-electron chi connectivity index (χ1n) is 10.2. The number of benzene rings is 2. The van der Waals surface area contributed by atoms with E-state index in [1.54, 1.807) is 0 Å². The summed E-state index contributed by atoms with van der Waals surface area (Å²) in [6, 6.07) is 18.1. The van der Waals surface area contributed by atoms with Gasteiger partial charge in [0, 0.05) is 35.9 Å². The van der Waals surface area contributed by atoms with Gasteiger partial charge in [0.05, 0.1) is 6.42 Å². The number of nitrogens with one attached hydrogen (secondary N) is 2. The average Bonchev–Trinajstić information content (AvgIpc) is 3.54. The molecule has 1 saturated carbocycles. The highest BCUT2D eigenvalue weighted by Gasteiger charge is 2.29. The second kappa shape index (κ2) is 8.87. The first-order chi connectivity index (χ1) is 14.6. The van der Waals surface area contributed by atoms with Crippen molar-refractivity contribution in [3.63, 3.8) is 0 Å². The fraction of sp³-hybridized carbons (Fsp3) is 0.280.